The molecule has 1 aliphatic rings. The van der Waals surface area contributed by atoms with Crippen LogP contribution in [-0.4, -0.2) is 24.0 Å². The second kappa shape index (κ2) is 6.25. The van der Waals surface area contributed by atoms with Crippen molar-refractivity contribution in [2.24, 2.45) is 0 Å². The van der Waals surface area contributed by atoms with Gasteiger partial charge in [-0.2, -0.15) is 0 Å². The van der Waals surface area contributed by atoms with Crippen molar-refractivity contribution >= 4 is 22.9 Å². The Morgan fingerprint density at radius 1 is 1.20 bits per heavy atom. The highest BCUT2D eigenvalue weighted by atomic mass is 32.1. The van der Waals surface area contributed by atoms with Crippen LogP contribution < -0.4 is 9.64 Å². The van der Waals surface area contributed by atoms with Crippen LogP contribution in [0, 0.1) is 11.6 Å². The standard InChI is InChI=1S/C18H12F2N2O2S/c19-11-5-6-14-15(9-11)24-8-7-22(14)18(23)16-10-21-17(25-16)12-3-1-2-4-13(12)20/h1-6,9-10H,7-8H2. The number of hydrogen-bond acceptors (Lipinski definition) is 4. The van der Waals surface area contributed by atoms with Crippen molar-refractivity contribution in [1.29, 1.82) is 0 Å². The molecule has 0 fully saturated rings. The van der Waals surface area contributed by atoms with Gasteiger partial charge in [0.25, 0.3) is 5.91 Å². The molecule has 0 aliphatic carbocycles. The predicted molar refractivity (Wildman–Crippen MR) is 91.1 cm³/mol. The highest BCUT2D eigenvalue weighted by molar-refractivity contribution is 7.17. The van der Waals surface area contributed by atoms with Gasteiger partial charge in [-0.3, -0.25) is 4.79 Å². The van der Waals surface area contributed by atoms with Gasteiger partial charge in [0.05, 0.1) is 18.4 Å². The van der Waals surface area contributed by atoms with E-state index in [1.54, 1.807) is 18.2 Å². The van der Waals surface area contributed by atoms with Gasteiger partial charge in [0.15, 0.2) is 0 Å². The molecule has 4 rings (SSSR count). The molecule has 1 aliphatic heterocycles. The summed E-state index contributed by atoms with van der Waals surface area (Å²) in [7, 11) is 0. The molecule has 2 aromatic carbocycles. The Labute approximate surface area is 146 Å². The fourth-order valence-electron chi connectivity index (χ4n) is 2.67. The van der Waals surface area contributed by atoms with Crippen LogP contribution >= 0.6 is 11.3 Å². The molecule has 0 saturated carbocycles. The summed E-state index contributed by atoms with van der Waals surface area (Å²) in [6.45, 7) is 0.631. The molecule has 4 nitrogen and oxygen atoms in total. The van der Waals surface area contributed by atoms with Gasteiger partial charge in [0.2, 0.25) is 0 Å². The zero-order chi connectivity index (χ0) is 17.4. The maximum Gasteiger partial charge on any atom is 0.270 e. The van der Waals surface area contributed by atoms with Crippen LogP contribution in [0.4, 0.5) is 14.5 Å². The topological polar surface area (TPSA) is 42.4 Å². The maximum atomic E-state index is 13.9. The number of nitrogens with zero attached hydrogens (tertiary/aromatic N) is 2. The average Bonchev–Trinajstić information content (AvgIpc) is 3.10. The minimum Gasteiger partial charge on any atom is -0.489 e. The second-order valence-corrected chi connectivity index (χ2v) is 6.46. The van der Waals surface area contributed by atoms with E-state index in [0.29, 0.717) is 33.4 Å². The van der Waals surface area contributed by atoms with E-state index in [9.17, 15) is 13.6 Å². The van der Waals surface area contributed by atoms with E-state index >= 15 is 0 Å². The molecule has 0 bridgehead atoms. The first-order chi connectivity index (χ1) is 12.1. The van der Waals surface area contributed by atoms with Crippen molar-refractivity contribution in [3.8, 4) is 16.3 Å². The maximum absolute atomic E-state index is 13.9. The van der Waals surface area contributed by atoms with Crippen molar-refractivity contribution in [1.82, 2.24) is 4.98 Å². The first-order valence-corrected chi connectivity index (χ1v) is 8.40. The van der Waals surface area contributed by atoms with Crippen molar-refractivity contribution in [2.45, 2.75) is 0 Å². The third-order valence-corrected chi connectivity index (χ3v) is 4.87. The molecular weight excluding hydrogens is 346 g/mol. The number of carbonyl (C=O) groups excluding carboxylic acids is 1. The SMILES string of the molecule is O=C(c1cnc(-c2ccccc2F)s1)N1CCOc2cc(F)ccc21. The molecular formula is C18H12F2N2O2S. The first-order valence-electron chi connectivity index (χ1n) is 7.58. The van der Waals surface area contributed by atoms with Gasteiger partial charge in [-0.15, -0.1) is 11.3 Å². The van der Waals surface area contributed by atoms with Crippen LogP contribution in [0.25, 0.3) is 10.6 Å². The summed E-state index contributed by atoms with van der Waals surface area (Å²) in [6.07, 6.45) is 1.44. The monoisotopic (exact) mass is 358 g/mol. The highest BCUT2D eigenvalue weighted by Gasteiger charge is 2.26. The van der Waals surface area contributed by atoms with Gasteiger partial charge >= 0.3 is 0 Å². The molecule has 0 saturated heterocycles. The van der Waals surface area contributed by atoms with E-state index in [0.717, 1.165) is 11.3 Å². The van der Waals surface area contributed by atoms with Crippen LogP contribution in [0.15, 0.2) is 48.7 Å². The van der Waals surface area contributed by atoms with E-state index in [4.69, 9.17) is 4.74 Å². The fourth-order valence-corrected chi connectivity index (χ4v) is 3.56. The molecule has 0 radical (unpaired) electrons. The van der Waals surface area contributed by atoms with Gasteiger partial charge in [0, 0.05) is 11.6 Å². The van der Waals surface area contributed by atoms with E-state index < -0.39 is 5.82 Å². The summed E-state index contributed by atoms with van der Waals surface area (Å²) in [5, 5.41) is 0.439. The van der Waals surface area contributed by atoms with Crippen molar-refractivity contribution in [2.75, 3.05) is 18.1 Å². The van der Waals surface area contributed by atoms with Crippen LogP contribution in [-0.2, 0) is 0 Å². The minimum atomic E-state index is -0.423. The lowest BCUT2D eigenvalue weighted by Crippen LogP contribution is -2.37. The Hall–Kier alpha value is -2.80. The number of hydrogen-bond donors (Lipinski definition) is 0. The minimum absolute atomic E-state index is 0.267. The molecule has 1 amide bonds. The number of halogens is 2. The summed E-state index contributed by atoms with van der Waals surface area (Å²) in [6, 6.07) is 10.3. The molecule has 126 valence electrons. The third kappa shape index (κ3) is 2.87. The van der Waals surface area contributed by atoms with Crippen LogP contribution in [0.3, 0.4) is 0 Å². The van der Waals surface area contributed by atoms with E-state index in [1.807, 2.05) is 0 Å². The van der Waals surface area contributed by atoms with Gasteiger partial charge in [-0.1, -0.05) is 12.1 Å². The van der Waals surface area contributed by atoms with Crippen LogP contribution in [0.5, 0.6) is 5.75 Å². The lowest BCUT2D eigenvalue weighted by molar-refractivity contribution is 0.0980. The smallest absolute Gasteiger partial charge is 0.270 e. The zero-order valence-corrected chi connectivity index (χ0v) is 13.7. The molecule has 0 spiro atoms. The summed E-state index contributed by atoms with van der Waals surface area (Å²) < 4.78 is 32.7. The lowest BCUT2D eigenvalue weighted by atomic mass is 10.2. The van der Waals surface area contributed by atoms with Gasteiger partial charge in [0.1, 0.15) is 33.9 Å². The first kappa shape index (κ1) is 15.7. The average molecular weight is 358 g/mol. The highest BCUT2D eigenvalue weighted by Crippen LogP contribution is 2.34. The summed E-state index contributed by atoms with van der Waals surface area (Å²) in [5.74, 6) is -0.745. The van der Waals surface area contributed by atoms with Crippen LogP contribution in [0.2, 0.25) is 0 Å². The molecule has 3 aromatic rings. The zero-order valence-electron chi connectivity index (χ0n) is 12.9. The number of fused-ring (bicyclic) bond motifs is 1. The third-order valence-electron chi connectivity index (χ3n) is 3.85. The number of ether oxygens (including phenoxy) is 1. The molecule has 0 atom stereocenters. The normalized spacial score (nSPS) is 13.3. The number of carbonyl (C=O) groups is 1. The number of anilines is 1. The molecule has 2 heterocycles. The van der Waals surface area contributed by atoms with Crippen molar-refractivity contribution < 1.29 is 18.3 Å². The lowest BCUT2D eigenvalue weighted by Gasteiger charge is -2.29. The van der Waals surface area contributed by atoms with Gasteiger partial charge in [-0.05, 0) is 24.3 Å². The van der Waals surface area contributed by atoms with E-state index in [-0.39, 0.29) is 18.3 Å². The number of thiazole rings is 1. The molecule has 25 heavy (non-hydrogen) atoms. The fraction of sp³-hybridized carbons (Fsp3) is 0.111. The number of amides is 1. The van der Waals surface area contributed by atoms with Crippen molar-refractivity contribution in [3.05, 3.63) is 65.2 Å². The number of rotatable bonds is 2. The molecule has 1 aromatic heterocycles. The Morgan fingerprint density at radius 2 is 2.04 bits per heavy atom. The number of benzene rings is 2. The largest absolute Gasteiger partial charge is 0.489 e. The Morgan fingerprint density at radius 3 is 2.88 bits per heavy atom. The molecule has 0 N–H and O–H groups in total. The Kier molecular flexibility index (Phi) is 3.93. The Bertz CT molecular complexity index is 958. The Balaban J connectivity index is 1.66. The van der Waals surface area contributed by atoms with Crippen LogP contribution in [0.1, 0.15) is 9.67 Å². The summed E-state index contributed by atoms with van der Waals surface area (Å²) in [5.41, 5.74) is 0.870. The van der Waals surface area contributed by atoms with Gasteiger partial charge in [-0.25, -0.2) is 13.8 Å². The van der Waals surface area contributed by atoms with Crippen molar-refractivity contribution in [3.63, 3.8) is 0 Å². The second-order valence-electron chi connectivity index (χ2n) is 5.43. The van der Waals surface area contributed by atoms with E-state index in [2.05, 4.69) is 4.98 Å². The van der Waals surface area contributed by atoms with E-state index in [1.165, 1.54) is 35.4 Å². The van der Waals surface area contributed by atoms with Gasteiger partial charge < -0.3 is 9.64 Å². The quantitative estimate of drug-likeness (QED) is 0.692. The predicted octanol–water partition coefficient (Wildman–Crippen LogP) is 4.13. The summed E-state index contributed by atoms with van der Waals surface area (Å²) >= 11 is 1.12. The summed E-state index contributed by atoms with van der Waals surface area (Å²) in [4.78, 5) is 18.9. The molecule has 0 unspecified atom stereocenters. The number of aromatic nitrogens is 1. The molecule has 7 heteroatoms.